The van der Waals surface area contributed by atoms with Crippen molar-refractivity contribution >= 4 is 17.3 Å². The van der Waals surface area contributed by atoms with Gasteiger partial charge in [0.15, 0.2) is 0 Å². The zero-order valence-electron chi connectivity index (χ0n) is 10.4. The van der Waals surface area contributed by atoms with Crippen molar-refractivity contribution in [2.24, 2.45) is 0 Å². The Kier molecular flexibility index (Phi) is 3.22. The number of carbonyl (C=O) groups is 1. The molecule has 1 atom stereocenters. The maximum atomic E-state index is 11.8. The lowest BCUT2D eigenvalue weighted by Crippen LogP contribution is -2.55. The summed E-state index contributed by atoms with van der Waals surface area (Å²) < 4.78 is 0. The number of nitrogens with two attached hydrogens (primary N) is 1. The minimum atomic E-state index is -0.0632. The van der Waals surface area contributed by atoms with Crippen molar-refractivity contribution < 1.29 is 4.79 Å². The van der Waals surface area contributed by atoms with Gasteiger partial charge in [-0.05, 0) is 37.1 Å². The average molecular weight is 233 g/mol. The maximum absolute atomic E-state index is 11.8. The van der Waals surface area contributed by atoms with E-state index in [0.29, 0.717) is 6.54 Å². The Hall–Kier alpha value is -1.71. The number of nitrogens with zero attached hydrogens (tertiary/aromatic N) is 1. The smallest absolute Gasteiger partial charge is 0.242 e. The molecule has 0 aromatic heterocycles. The molecular weight excluding hydrogens is 214 g/mol. The highest BCUT2D eigenvalue weighted by molar-refractivity contribution is 5.86. The van der Waals surface area contributed by atoms with Gasteiger partial charge < -0.3 is 16.0 Å². The van der Waals surface area contributed by atoms with Crippen molar-refractivity contribution in [1.82, 2.24) is 5.32 Å². The van der Waals surface area contributed by atoms with Crippen molar-refractivity contribution in [2.75, 3.05) is 23.7 Å². The minimum Gasteiger partial charge on any atom is -0.399 e. The van der Waals surface area contributed by atoms with Crippen LogP contribution >= 0.6 is 0 Å². The molecule has 4 nitrogen and oxygen atoms in total. The van der Waals surface area contributed by atoms with Crippen LogP contribution in [-0.4, -0.2) is 25.0 Å². The number of nitrogens with one attached hydrogen (secondary N) is 1. The Labute approximate surface area is 102 Å². The van der Waals surface area contributed by atoms with E-state index >= 15 is 0 Å². The van der Waals surface area contributed by atoms with Crippen LogP contribution in [0.3, 0.4) is 0 Å². The van der Waals surface area contributed by atoms with Crippen molar-refractivity contribution in [1.29, 1.82) is 0 Å². The number of nitrogen functional groups attached to an aromatic ring is 1. The highest BCUT2D eigenvalue weighted by Gasteiger charge is 2.28. The first-order valence-electron chi connectivity index (χ1n) is 6.04. The molecule has 3 N–H and O–H groups in total. The van der Waals surface area contributed by atoms with E-state index in [2.05, 4.69) is 16.3 Å². The number of carbonyl (C=O) groups excluding carboxylic acids is 1. The van der Waals surface area contributed by atoms with Crippen LogP contribution < -0.4 is 16.0 Å². The molecule has 1 aliphatic rings. The van der Waals surface area contributed by atoms with Crippen LogP contribution in [0, 0.1) is 6.92 Å². The minimum absolute atomic E-state index is 0.0632. The van der Waals surface area contributed by atoms with Gasteiger partial charge in [-0.25, -0.2) is 0 Å². The fourth-order valence-electron chi connectivity index (χ4n) is 2.27. The van der Waals surface area contributed by atoms with E-state index in [-0.39, 0.29) is 11.9 Å². The number of piperazine rings is 1. The molecule has 0 radical (unpaired) electrons. The van der Waals surface area contributed by atoms with Crippen molar-refractivity contribution in [3.8, 4) is 0 Å². The lowest BCUT2D eigenvalue weighted by molar-refractivity contribution is -0.123. The van der Waals surface area contributed by atoms with Crippen molar-refractivity contribution in [3.63, 3.8) is 0 Å². The van der Waals surface area contributed by atoms with Gasteiger partial charge in [-0.15, -0.1) is 0 Å². The van der Waals surface area contributed by atoms with Crippen LogP contribution in [0.15, 0.2) is 18.2 Å². The molecular formula is C13H19N3O. The van der Waals surface area contributed by atoms with Gasteiger partial charge in [0.25, 0.3) is 0 Å². The lowest BCUT2D eigenvalue weighted by Gasteiger charge is -2.36. The highest BCUT2D eigenvalue weighted by atomic mass is 16.2. The SMILES string of the molecule is CCC1C(=O)NCCN1c1ccc(N)c(C)c1. The molecule has 0 aliphatic carbocycles. The molecule has 4 heteroatoms. The van der Waals surface area contributed by atoms with Crippen LogP contribution in [-0.2, 0) is 4.79 Å². The third kappa shape index (κ3) is 2.20. The van der Waals surface area contributed by atoms with E-state index in [1.165, 1.54) is 0 Å². The third-order valence-electron chi connectivity index (χ3n) is 3.30. The summed E-state index contributed by atoms with van der Waals surface area (Å²) in [4.78, 5) is 13.9. The zero-order valence-corrected chi connectivity index (χ0v) is 10.4. The van der Waals surface area contributed by atoms with E-state index in [4.69, 9.17) is 5.73 Å². The summed E-state index contributed by atoms with van der Waals surface area (Å²) in [5, 5.41) is 2.90. The average Bonchev–Trinajstić information content (AvgIpc) is 2.32. The van der Waals surface area contributed by atoms with E-state index < -0.39 is 0 Å². The second-order valence-electron chi connectivity index (χ2n) is 4.45. The molecule has 17 heavy (non-hydrogen) atoms. The van der Waals surface area contributed by atoms with E-state index in [0.717, 1.165) is 29.9 Å². The predicted octanol–water partition coefficient (Wildman–Crippen LogP) is 1.29. The molecule has 1 heterocycles. The number of aryl methyl sites for hydroxylation is 1. The normalized spacial score (nSPS) is 20.2. The molecule has 1 saturated heterocycles. The predicted molar refractivity (Wildman–Crippen MR) is 70.0 cm³/mol. The van der Waals surface area contributed by atoms with Crippen LogP contribution in [0.25, 0.3) is 0 Å². The molecule has 1 unspecified atom stereocenters. The zero-order chi connectivity index (χ0) is 12.4. The molecule has 2 rings (SSSR count). The number of anilines is 2. The standard InChI is InChI=1S/C13H19N3O/c1-3-12-13(17)15-6-7-16(12)10-4-5-11(14)9(2)8-10/h4-5,8,12H,3,6-7,14H2,1-2H3,(H,15,17). The monoisotopic (exact) mass is 233 g/mol. The number of hydrogen-bond acceptors (Lipinski definition) is 3. The number of hydrogen-bond donors (Lipinski definition) is 2. The third-order valence-corrected chi connectivity index (χ3v) is 3.30. The van der Waals surface area contributed by atoms with Gasteiger partial charge in [-0.2, -0.15) is 0 Å². The first-order chi connectivity index (χ1) is 8.13. The summed E-state index contributed by atoms with van der Waals surface area (Å²) >= 11 is 0. The van der Waals surface area contributed by atoms with Gasteiger partial charge >= 0.3 is 0 Å². The molecule has 1 aromatic carbocycles. The Morgan fingerprint density at radius 1 is 1.53 bits per heavy atom. The van der Waals surface area contributed by atoms with E-state index in [1.54, 1.807) is 0 Å². The van der Waals surface area contributed by atoms with Gasteiger partial charge in [-0.3, -0.25) is 4.79 Å². The van der Waals surface area contributed by atoms with Gasteiger partial charge in [0, 0.05) is 24.5 Å². The molecule has 1 aliphatic heterocycles. The van der Waals surface area contributed by atoms with Gasteiger partial charge in [0.05, 0.1) is 0 Å². The Morgan fingerprint density at radius 3 is 2.94 bits per heavy atom. The fourth-order valence-corrected chi connectivity index (χ4v) is 2.27. The topological polar surface area (TPSA) is 58.4 Å². The molecule has 1 amide bonds. The van der Waals surface area contributed by atoms with Gasteiger partial charge in [0.2, 0.25) is 5.91 Å². The summed E-state index contributed by atoms with van der Waals surface area (Å²) in [6.07, 6.45) is 0.815. The number of benzene rings is 1. The molecule has 0 spiro atoms. The molecule has 1 fully saturated rings. The molecule has 0 saturated carbocycles. The maximum Gasteiger partial charge on any atom is 0.242 e. The van der Waals surface area contributed by atoms with Crippen molar-refractivity contribution in [2.45, 2.75) is 26.3 Å². The van der Waals surface area contributed by atoms with Crippen molar-refractivity contribution in [3.05, 3.63) is 23.8 Å². The van der Waals surface area contributed by atoms with Gasteiger partial charge in [0.1, 0.15) is 6.04 Å². The summed E-state index contributed by atoms with van der Waals surface area (Å²) in [6.45, 7) is 5.59. The lowest BCUT2D eigenvalue weighted by atomic mass is 10.1. The first-order valence-corrected chi connectivity index (χ1v) is 6.04. The quantitative estimate of drug-likeness (QED) is 0.757. The van der Waals surface area contributed by atoms with E-state index in [1.807, 2.05) is 26.0 Å². The molecule has 0 bridgehead atoms. The summed E-state index contributed by atoms with van der Waals surface area (Å²) in [6, 6.07) is 5.89. The largest absolute Gasteiger partial charge is 0.399 e. The summed E-state index contributed by atoms with van der Waals surface area (Å²) in [7, 11) is 0. The molecule has 92 valence electrons. The van der Waals surface area contributed by atoms with Crippen LogP contribution in [0.5, 0.6) is 0 Å². The Bertz CT molecular complexity index is 431. The second kappa shape index (κ2) is 4.65. The van der Waals surface area contributed by atoms with Crippen LogP contribution in [0.1, 0.15) is 18.9 Å². The second-order valence-corrected chi connectivity index (χ2v) is 4.45. The Balaban J connectivity index is 2.30. The number of rotatable bonds is 2. The highest BCUT2D eigenvalue weighted by Crippen LogP contribution is 2.24. The van der Waals surface area contributed by atoms with Crippen LogP contribution in [0.2, 0.25) is 0 Å². The Morgan fingerprint density at radius 2 is 2.29 bits per heavy atom. The summed E-state index contributed by atoms with van der Waals surface area (Å²) in [5.74, 6) is 0.119. The van der Waals surface area contributed by atoms with Crippen LogP contribution in [0.4, 0.5) is 11.4 Å². The molecule has 1 aromatic rings. The summed E-state index contributed by atoms with van der Waals surface area (Å²) in [5.41, 5.74) is 8.75. The van der Waals surface area contributed by atoms with E-state index in [9.17, 15) is 4.79 Å². The number of amides is 1. The van der Waals surface area contributed by atoms with Gasteiger partial charge in [-0.1, -0.05) is 6.92 Å². The first kappa shape index (κ1) is 11.8. The fraction of sp³-hybridized carbons (Fsp3) is 0.462.